The first kappa shape index (κ1) is 12.7. The predicted octanol–water partition coefficient (Wildman–Crippen LogP) is 4.65. The second-order valence-electron chi connectivity index (χ2n) is 4.01. The van der Waals surface area contributed by atoms with Crippen molar-refractivity contribution in [3.8, 4) is 5.75 Å². The highest BCUT2D eigenvalue weighted by Gasteiger charge is 1.97. The Bertz CT molecular complexity index is 500. The molecule has 2 aromatic rings. The molecule has 0 fully saturated rings. The van der Waals surface area contributed by atoms with Crippen LogP contribution in [0.15, 0.2) is 55.1 Å². The second kappa shape index (κ2) is 6.27. The zero-order chi connectivity index (χ0) is 12.8. The fourth-order valence-electron chi connectivity index (χ4n) is 1.59. The average Bonchev–Trinajstić information content (AvgIpc) is 2.46. The number of benzene rings is 2. The maximum absolute atomic E-state index is 5.73. The number of halogens is 1. The average molecular weight is 259 g/mol. The fraction of sp³-hybridized carbons (Fsp3) is 0.125. The van der Waals surface area contributed by atoms with Gasteiger partial charge in [-0.2, -0.15) is 0 Å². The third kappa shape index (κ3) is 3.38. The molecule has 1 nitrogen and oxygen atoms in total. The minimum absolute atomic E-state index is 0.531. The van der Waals surface area contributed by atoms with Gasteiger partial charge in [0, 0.05) is 5.88 Å². The molecule has 0 spiro atoms. The molecule has 0 amide bonds. The molecular formula is C16H15ClO. The summed E-state index contributed by atoms with van der Waals surface area (Å²) in [7, 11) is 0. The van der Waals surface area contributed by atoms with E-state index in [9.17, 15) is 0 Å². The van der Waals surface area contributed by atoms with Gasteiger partial charge in [0.05, 0.1) is 0 Å². The summed E-state index contributed by atoms with van der Waals surface area (Å²) in [6.45, 7) is 4.30. The summed E-state index contributed by atoms with van der Waals surface area (Å²) in [5.41, 5.74) is 3.35. The molecule has 0 aliphatic carbocycles. The summed E-state index contributed by atoms with van der Waals surface area (Å²) in [5, 5.41) is 0. The van der Waals surface area contributed by atoms with E-state index in [1.165, 1.54) is 0 Å². The molecule has 2 aromatic carbocycles. The van der Waals surface area contributed by atoms with Crippen LogP contribution >= 0.6 is 11.6 Å². The van der Waals surface area contributed by atoms with Crippen molar-refractivity contribution in [3.63, 3.8) is 0 Å². The lowest BCUT2D eigenvalue weighted by molar-refractivity contribution is 0.306. The third-order valence-electron chi connectivity index (χ3n) is 2.70. The molecule has 2 rings (SSSR count). The largest absolute Gasteiger partial charge is 0.489 e. The van der Waals surface area contributed by atoms with Crippen LogP contribution in [0.5, 0.6) is 5.75 Å². The molecule has 92 valence electrons. The van der Waals surface area contributed by atoms with Gasteiger partial charge in [0.25, 0.3) is 0 Å². The van der Waals surface area contributed by atoms with Crippen LogP contribution in [-0.4, -0.2) is 0 Å². The predicted molar refractivity (Wildman–Crippen MR) is 76.9 cm³/mol. The van der Waals surface area contributed by atoms with Crippen molar-refractivity contribution in [2.45, 2.75) is 12.5 Å². The molecule has 0 saturated heterocycles. The molecular weight excluding hydrogens is 244 g/mol. The van der Waals surface area contributed by atoms with Gasteiger partial charge in [0.15, 0.2) is 0 Å². The topological polar surface area (TPSA) is 9.23 Å². The van der Waals surface area contributed by atoms with Crippen LogP contribution < -0.4 is 4.74 Å². The normalized spacial score (nSPS) is 10.1. The molecule has 0 saturated carbocycles. The highest BCUT2D eigenvalue weighted by molar-refractivity contribution is 6.17. The third-order valence-corrected chi connectivity index (χ3v) is 3.01. The van der Waals surface area contributed by atoms with Gasteiger partial charge in [0.2, 0.25) is 0 Å². The highest BCUT2D eigenvalue weighted by atomic mass is 35.5. The Kier molecular flexibility index (Phi) is 4.43. The van der Waals surface area contributed by atoms with Crippen molar-refractivity contribution in [1.82, 2.24) is 0 Å². The van der Waals surface area contributed by atoms with E-state index in [1.807, 2.05) is 54.6 Å². The zero-order valence-electron chi connectivity index (χ0n) is 10.1. The van der Waals surface area contributed by atoms with E-state index in [4.69, 9.17) is 16.3 Å². The lowest BCUT2D eigenvalue weighted by atomic mass is 10.1. The van der Waals surface area contributed by atoms with E-state index in [0.717, 1.165) is 22.4 Å². The van der Waals surface area contributed by atoms with Crippen LogP contribution in [-0.2, 0) is 12.5 Å². The van der Waals surface area contributed by atoms with Crippen LogP contribution in [0.1, 0.15) is 16.7 Å². The Morgan fingerprint density at radius 2 is 1.56 bits per heavy atom. The van der Waals surface area contributed by atoms with Crippen LogP contribution in [0.4, 0.5) is 0 Å². The summed E-state index contributed by atoms with van der Waals surface area (Å²) in [4.78, 5) is 0. The smallest absolute Gasteiger partial charge is 0.119 e. The van der Waals surface area contributed by atoms with E-state index in [1.54, 1.807) is 0 Å². The molecule has 0 atom stereocenters. The standard InChI is InChI=1S/C16H15ClO/c1-2-13-3-5-15(6-4-13)12-18-16-9-7-14(11-17)8-10-16/h2-10H,1,11-12H2. The van der Waals surface area contributed by atoms with Gasteiger partial charge in [-0.3, -0.25) is 0 Å². The molecule has 0 aliphatic rings. The van der Waals surface area contributed by atoms with E-state index < -0.39 is 0 Å². The maximum Gasteiger partial charge on any atom is 0.119 e. The number of hydrogen-bond acceptors (Lipinski definition) is 1. The summed E-state index contributed by atoms with van der Waals surface area (Å²) in [6.07, 6.45) is 1.83. The summed E-state index contributed by atoms with van der Waals surface area (Å²) >= 11 is 5.73. The zero-order valence-corrected chi connectivity index (χ0v) is 10.9. The Balaban J connectivity index is 1.95. The summed E-state index contributed by atoms with van der Waals surface area (Å²) in [5.74, 6) is 1.39. The first-order valence-electron chi connectivity index (χ1n) is 5.81. The fourth-order valence-corrected chi connectivity index (χ4v) is 1.77. The lowest BCUT2D eigenvalue weighted by Crippen LogP contribution is -1.95. The van der Waals surface area contributed by atoms with E-state index in [0.29, 0.717) is 12.5 Å². The Labute approximate surface area is 113 Å². The van der Waals surface area contributed by atoms with E-state index >= 15 is 0 Å². The van der Waals surface area contributed by atoms with Crippen molar-refractivity contribution < 1.29 is 4.74 Å². The number of ether oxygens (including phenoxy) is 1. The molecule has 0 aliphatic heterocycles. The van der Waals surface area contributed by atoms with Crippen LogP contribution in [0.3, 0.4) is 0 Å². The van der Waals surface area contributed by atoms with Gasteiger partial charge in [-0.05, 0) is 28.8 Å². The minimum Gasteiger partial charge on any atom is -0.489 e. The molecule has 0 heterocycles. The van der Waals surface area contributed by atoms with Crippen molar-refractivity contribution in [1.29, 1.82) is 0 Å². The molecule has 0 bridgehead atoms. The molecule has 0 aromatic heterocycles. The Hall–Kier alpha value is -1.73. The first-order valence-corrected chi connectivity index (χ1v) is 6.34. The van der Waals surface area contributed by atoms with Crippen LogP contribution in [0.25, 0.3) is 6.08 Å². The minimum atomic E-state index is 0.531. The summed E-state index contributed by atoms with van der Waals surface area (Å²) in [6, 6.07) is 16.0. The van der Waals surface area contributed by atoms with E-state index in [2.05, 4.69) is 6.58 Å². The number of hydrogen-bond donors (Lipinski definition) is 0. The monoisotopic (exact) mass is 258 g/mol. The first-order chi connectivity index (χ1) is 8.81. The number of alkyl halides is 1. The van der Waals surface area contributed by atoms with Gasteiger partial charge in [-0.1, -0.05) is 49.1 Å². The Morgan fingerprint density at radius 1 is 0.944 bits per heavy atom. The van der Waals surface area contributed by atoms with Gasteiger partial charge in [-0.15, -0.1) is 11.6 Å². The molecule has 2 heteroatoms. The lowest BCUT2D eigenvalue weighted by Gasteiger charge is -2.07. The maximum atomic E-state index is 5.73. The van der Waals surface area contributed by atoms with Crippen LogP contribution in [0.2, 0.25) is 0 Å². The molecule has 0 N–H and O–H groups in total. The molecule has 0 radical (unpaired) electrons. The quantitative estimate of drug-likeness (QED) is 0.710. The molecule has 0 unspecified atom stereocenters. The van der Waals surface area contributed by atoms with Gasteiger partial charge in [-0.25, -0.2) is 0 Å². The van der Waals surface area contributed by atoms with Crippen molar-refractivity contribution in [3.05, 3.63) is 71.8 Å². The Morgan fingerprint density at radius 3 is 2.11 bits per heavy atom. The second-order valence-corrected chi connectivity index (χ2v) is 4.28. The summed E-state index contributed by atoms with van der Waals surface area (Å²) < 4.78 is 5.70. The van der Waals surface area contributed by atoms with Gasteiger partial charge in [0.1, 0.15) is 12.4 Å². The number of rotatable bonds is 5. The highest BCUT2D eigenvalue weighted by Crippen LogP contribution is 2.15. The SMILES string of the molecule is C=Cc1ccc(COc2ccc(CCl)cc2)cc1. The van der Waals surface area contributed by atoms with E-state index in [-0.39, 0.29) is 0 Å². The van der Waals surface area contributed by atoms with Crippen molar-refractivity contribution >= 4 is 17.7 Å². The van der Waals surface area contributed by atoms with Crippen molar-refractivity contribution in [2.75, 3.05) is 0 Å². The van der Waals surface area contributed by atoms with Gasteiger partial charge < -0.3 is 4.74 Å². The molecule has 18 heavy (non-hydrogen) atoms. The van der Waals surface area contributed by atoms with Crippen molar-refractivity contribution in [2.24, 2.45) is 0 Å². The van der Waals surface area contributed by atoms with Gasteiger partial charge >= 0.3 is 0 Å². The van der Waals surface area contributed by atoms with Crippen LogP contribution in [0, 0.1) is 0 Å².